The van der Waals surface area contributed by atoms with E-state index in [-0.39, 0.29) is 6.04 Å². The van der Waals surface area contributed by atoms with E-state index in [2.05, 4.69) is 40.5 Å². The van der Waals surface area contributed by atoms with Crippen LogP contribution in [-0.4, -0.2) is 30.5 Å². The maximum absolute atomic E-state index is 5.29. The molecule has 0 aliphatic heterocycles. The van der Waals surface area contributed by atoms with Gasteiger partial charge in [0.25, 0.3) is 0 Å². The maximum atomic E-state index is 5.29. The fourth-order valence-electron chi connectivity index (χ4n) is 2.72. The molecule has 0 amide bonds. The van der Waals surface area contributed by atoms with Crippen molar-refractivity contribution >= 4 is 10.9 Å². The van der Waals surface area contributed by atoms with E-state index < -0.39 is 0 Å². The Kier molecular flexibility index (Phi) is 4.39. The van der Waals surface area contributed by atoms with Crippen molar-refractivity contribution in [1.29, 1.82) is 0 Å². The molecule has 0 saturated heterocycles. The highest BCUT2D eigenvalue weighted by Crippen LogP contribution is 2.25. The highest BCUT2D eigenvalue weighted by Gasteiger charge is 2.15. The molecule has 0 spiro atoms. The average Bonchev–Trinajstić information content (AvgIpc) is 2.98. The predicted octanol–water partition coefficient (Wildman–Crippen LogP) is 3.24. The largest absolute Gasteiger partial charge is 0.497 e. The van der Waals surface area contributed by atoms with Crippen molar-refractivity contribution < 1.29 is 4.74 Å². The lowest BCUT2D eigenvalue weighted by atomic mass is 10.0. The Morgan fingerprint density at radius 2 is 2.00 bits per heavy atom. The van der Waals surface area contributed by atoms with Crippen LogP contribution in [0.4, 0.5) is 0 Å². The first-order chi connectivity index (χ1) is 10.8. The van der Waals surface area contributed by atoms with Gasteiger partial charge >= 0.3 is 0 Å². The monoisotopic (exact) mass is 295 g/mol. The molecule has 1 atom stereocenters. The molecule has 0 aliphatic carbocycles. The normalized spacial score (nSPS) is 12.5. The van der Waals surface area contributed by atoms with E-state index in [9.17, 15) is 0 Å². The second kappa shape index (κ2) is 6.62. The van der Waals surface area contributed by atoms with Gasteiger partial charge in [-0.1, -0.05) is 30.3 Å². The first-order valence-electron chi connectivity index (χ1n) is 7.54. The summed E-state index contributed by atoms with van der Waals surface area (Å²) in [4.78, 5) is 0. The zero-order valence-corrected chi connectivity index (χ0v) is 13.0. The van der Waals surface area contributed by atoms with Crippen molar-refractivity contribution in [3.05, 3.63) is 60.3 Å². The lowest BCUT2D eigenvalue weighted by Gasteiger charge is -2.17. The van der Waals surface area contributed by atoms with Gasteiger partial charge in [-0.15, -0.1) is 0 Å². The molecule has 1 heterocycles. The number of aromatic nitrogens is 2. The van der Waals surface area contributed by atoms with Crippen LogP contribution in [0.3, 0.4) is 0 Å². The first-order valence-corrected chi connectivity index (χ1v) is 7.54. The minimum atomic E-state index is 0.229. The summed E-state index contributed by atoms with van der Waals surface area (Å²) in [5.74, 6) is 0.860. The van der Waals surface area contributed by atoms with E-state index in [1.54, 1.807) is 7.11 Å². The molecular weight excluding hydrogens is 274 g/mol. The van der Waals surface area contributed by atoms with E-state index in [1.807, 2.05) is 31.3 Å². The number of ether oxygens (including phenoxy) is 1. The Bertz CT molecular complexity index is 736. The summed E-state index contributed by atoms with van der Waals surface area (Å²) in [7, 11) is 3.66. The van der Waals surface area contributed by atoms with Crippen LogP contribution in [0.2, 0.25) is 0 Å². The lowest BCUT2D eigenvalue weighted by molar-refractivity contribution is 0.415. The number of hydrogen-bond donors (Lipinski definition) is 1. The van der Waals surface area contributed by atoms with Gasteiger partial charge in [0.1, 0.15) is 5.75 Å². The molecule has 1 unspecified atom stereocenters. The number of methoxy groups -OCH3 is 1. The zero-order valence-electron chi connectivity index (χ0n) is 13.0. The van der Waals surface area contributed by atoms with Gasteiger partial charge in [0.15, 0.2) is 0 Å². The SMILES string of the molecule is CNCCC(c1ccccc1)n1cc2cc(OC)ccc2n1. The zero-order chi connectivity index (χ0) is 15.4. The number of rotatable bonds is 6. The minimum Gasteiger partial charge on any atom is -0.497 e. The Labute approximate surface area is 130 Å². The van der Waals surface area contributed by atoms with E-state index >= 15 is 0 Å². The third-order valence-electron chi connectivity index (χ3n) is 3.90. The van der Waals surface area contributed by atoms with Crippen LogP contribution in [0.1, 0.15) is 18.0 Å². The summed E-state index contributed by atoms with van der Waals surface area (Å²) >= 11 is 0. The van der Waals surface area contributed by atoms with Crippen molar-refractivity contribution in [2.75, 3.05) is 20.7 Å². The topological polar surface area (TPSA) is 39.1 Å². The summed E-state index contributed by atoms with van der Waals surface area (Å²) in [5.41, 5.74) is 2.27. The predicted molar refractivity (Wildman–Crippen MR) is 89.4 cm³/mol. The van der Waals surface area contributed by atoms with Crippen molar-refractivity contribution in [3.8, 4) is 5.75 Å². The molecule has 22 heavy (non-hydrogen) atoms. The van der Waals surface area contributed by atoms with E-state index in [0.29, 0.717) is 0 Å². The summed E-state index contributed by atoms with van der Waals surface area (Å²) < 4.78 is 7.36. The molecule has 4 nitrogen and oxygen atoms in total. The Morgan fingerprint density at radius 1 is 1.18 bits per heavy atom. The second-order valence-corrected chi connectivity index (χ2v) is 5.35. The molecular formula is C18H21N3O. The fraction of sp³-hybridized carbons (Fsp3) is 0.278. The number of nitrogens with one attached hydrogen (secondary N) is 1. The standard InChI is InChI=1S/C18H21N3O/c1-19-11-10-18(14-6-4-3-5-7-14)21-13-15-12-16(22-2)8-9-17(15)20-21/h3-9,12-13,18-19H,10-11H2,1-2H3. The maximum Gasteiger partial charge on any atom is 0.119 e. The van der Waals surface area contributed by atoms with Crippen LogP contribution in [-0.2, 0) is 0 Å². The summed E-state index contributed by atoms with van der Waals surface area (Å²) in [6, 6.07) is 16.7. The molecule has 0 fully saturated rings. The number of nitrogens with zero attached hydrogens (tertiary/aromatic N) is 2. The van der Waals surface area contributed by atoms with Crippen LogP contribution in [0, 0.1) is 0 Å². The number of hydrogen-bond acceptors (Lipinski definition) is 3. The number of benzene rings is 2. The smallest absolute Gasteiger partial charge is 0.119 e. The summed E-state index contributed by atoms with van der Waals surface area (Å²) in [6.45, 7) is 0.944. The molecule has 1 N–H and O–H groups in total. The highest BCUT2D eigenvalue weighted by molar-refractivity contribution is 5.79. The molecule has 0 aliphatic rings. The van der Waals surface area contributed by atoms with Crippen LogP contribution >= 0.6 is 0 Å². The van der Waals surface area contributed by atoms with Crippen LogP contribution in [0.25, 0.3) is 10.9 Å². The van der Waals surface area contributed by atoms with Gasteiger partial charge in [0.05, 0.1) is 18.7 Å². The van der Waals surface area contributed by atoms with Gasteiger partial charge in [-0.2, -0.15) is 5.10 Å². The van der Waals surface area contributed by atoms with E-state index in [0.717, 1.165) is 29.6 Å². The van der Waals surface area contributed by atoms with Crippen LogP contribution < -0.4 is 10.1 Å². The van der Waals surface area contributed by atoms with Crippen molar-refractivity contribution in [2.45, 2.75) is 12.5 Å². The van der Waals surface area contributed by atoms with Crippen molar-refractivity contribution in [2.24, 2.45) is 0 Å². The van der Waals surface area contributed by atoms with Gasteiger partial charge in [0, 0.05) is 11.6 Å². The summed E-state index contributed by atoms with van der Waals surface area (Å²) in [6.07, 6.45) is 3.09. The van der Waals surface area contributed by atoms with Crippen molar-refractivity contribution in [1.82, 2.24) is 15.1 Å². The van der Waals surface area contributed by atoms with Gasteiger partial charge in [-0.3, -0.25) is 4.68 Å². The minimum absolute atomic E-state index is 0.229. The molecule has 3 rings (SSSR count). The van der Waals surface area contributed by atoms with E-state index in [1.165, 1.54) is 5.56 Å². The fourth-order valence-corrected chi connectivity index (χ4v) is 2.72. The molecule has 0 bridgehead atoms. The Morgan fingerprint density at radius 3 is 2.73 bits per heavy atom. The Hall–Kier alpha value is -2.33. The summed E-state index contributed by atoms with van der Waals surface area (Å²) in [5, 5.41) is 9.08. The molecule has 4 heteroatoms. The van der Waals surface area contributed by atoms with Gasteiger partial charge in [-0.25, -0.2) is 0 Å². The third kappa shape index (κ3) is 2.97. The number of fused-ring (bicyclic) bond motifs is 1. The molecule has 2 aromatic carbocycles. The highest BCUT2D eigenvalue weighted by atomic mass is 16.5. The van der Waals surface area contributed by atoms with Crippen molar-refractivity contribution in [3.63, 3.8) is 0 Å². The molecule has 3 aromatic rings. The molecule has 0 saturated carbocycles. The van der Waals surface area contributed by atoms with E-state index in [4.69, 9.17) is 9.84 Å². The molecule has 114 valence electrons. The average molecular weight is 295 g/mol. The van der Waals surface area contributed by atoms with Gasteiger partial charge < -0.3 is 10.1 Å². The van der Waals surface area contributed by atoms with Crippen LogP contribution in [0.15, 0.2) is 54.7 Å². The second-order valence-electron chi connectivity index (χ2n) is 5.35. The first kappa shape index (κ1) is 14.6. The third-order valence-corrected chi connectivity index (χ3v) is 3.90. The Balaban J connectivity index is 2.00. The lowest BCUT2D eigenvalue weighted by Crippen LogP contribution is -2.18. The van der Waals surface area contributed by atoms with Crippen LogP contribution in [0.5, 0.6) is 5.75 Å². The molecule has 1 aromatic heterocycles. The van der Waals surface area contributed by atoms with Gasteiger partial charge in [0.2, 0.25) is 0 Å². The van der Waals surface area contributed by atoms with Gasteiger partial charge in [-0.05, 0) is 43.8 Å². The molecule has 0 radical (unpaired) electrons. The quantitative estimate of drug-likeness (QED) is 0.759.